The van der Waals surface area contributed by atoms with E-state index < -0.39 is 5.97 Å². The summed E-state index contributed by atoms with van der Waals surface area (Å²) in [6.07, 6.45) is 7.63. The predicted molar refractivity (Wildman–Crippen MR) is 94.4 cm³/mol. The van der Waals surface area contributed by atoms with Crippen molar-refractivity contribution in [2.45, 2.75) is 38.8 Å². The summed E-state index contributed by atoms with van der Waals surface area (Å²) in [5, 5.41) is 0.490. The van der Waals surface area contributed by atoms with Gasteiger partial charge in [-0.25, -0.2) is 4.79 Å². The summed E-state index contributed by atoms with van der Waals surface area (Å²) >= 11 is 5.19. The van der Waals surface area contributed by atoms with Crippen LogP contribution in [0.15, 0.2) is 23.0 Å². The molecule has 0 bridgehead atoms. The lowest BCUT2D eigenvalue weighted by molar-refractivity contribution is 0.0261. The highest BCUT2D eigenvalue weighted by Gasteiger charge is 2.33. The fourth-order valence-corrected chi connectivity index (χ4v) is 3.08. The van der Waals surface area contributed by atoms with Crippen LogP contribution >= 0.6 is 12.2 Å². The molecule has 1 aliphatic carbocycles. The standard InChI is InChI=1S/C18H18N2O3S/c1-3-5-15(11-6-7-11)23-17(22)12-8-9-13-14(10-12)19-18(24)20(4-2)16(13)21/h1,8-11,15H,4-7H2,2H3,(H,19,24)/t15-/m0/s1. The summed E-state index contributed by atoms with van der Waals surface area (Å²) in [4.78, 5) is 27.7. The molecule has 0 radical (unpaired) electrons. The van der Waals surface area contributed by atoms with E-state index in [0.29, 0.717) is 40.1 Å². The van der Waals surface area contributed by atoms with E-state index in [1.165, 1.54) is 4.57 Å². The topological polar surface area (TPSA) is 64.1 Å². The number of aromatic nitrogens is 2. The molecular weight excluding hydrogens is 324 g/mol. The number of carbonyl (C=O) groups excluding carboxylic acids is 1. The molecule has 0 aliphatic heterocycles. The quantitative estimate of drug-likeness (QED) is 0.515. The number of esters is 1. The molecule has 124 valence electrons. The molecule has 1 atom stereocenters. The molecule has 5 nitrogen and oxygen atoms in total. The number of ether oxygens (including phenoxy) is 1. The van der Waals surface area contributed by atoms with Crippen molar-refractivity contribution in [3.05, 3.63) is 38.9 Å². The van der Waals surface area contributed by atoms with Crippen LogP contribution in [0.2, 0.25) is 0 Å². The van der Waals surface area contributed by atoms with E-state index in [1.54, 1.807) is 18.2 Å². The summed E-state index contributed by atoms with van der Waals surface area (Å²) in [5.74, 6) is 2.50. The summed E-state index contributed by atoms with van der Waals surface area (Å²) in [7, 11) is 0. The van der Waals surface area contributed by atoms with Crippen LogP contribution in [-0.4, -0.2) is 21.6 Å². The highest BCUT2D eigenvalue weighted by molar-refractivity contribution is 7.71. The minimum absolute atomic E-state index is 0.167. The van der Waals surface area contributed by atoms with Gasteiger partial charge >= 0.3 is 5.97 Å². The third-order valence-corrected chi connectivity index (χ3v) is 4.58. The average molecular weight is 342 g/mol. The third-order valence-electron chi connectivity index (χ3n) is 4.26. The third kappa shape index (κ3) is 3.13. The molecular formula is C18H18N2O3S. The van der Waals surface area contributed by atoms with Crippen LogP contribution in [0.25, 0.3) is 10.9 Å². The number of terminal acetylenes is 1. The number of rotatable bonds is 5. The molecule has 1 saturated carbocycles. The average Bonchev–Trinajstić information content (AvgIpc) is 3.39. The van der Waals surface area contributed by atoms with Crippen molar-refractivity contribution in [1.82, 2.24) is 9.55 Å². The highest BCUT2D eigenvalue weighted by atomic mass is 32.1. The maximum absolute atomic E-state index is 12.4. The molecule has 1 heterocycles. The first kappa shape index (κ1) is 16.5. The van der Waals surface area contributed by atoms with Crippen LogP contribution in [0, 0.1) is 23.0 Å². The first-order chi connectivity index (χ1) is 11.5. The van der Waals surface area contributed by atoms with Gasteiger partial charge in [-0.3, -0.25) is 9.36 Å². The Bertz CT molecular complexity index is 947. The Balaban J connectivity index is 1.93. The number of benzene rings is 1. The minimum atomic E-state index is -0.428. The van der Waals surface area contributed by atoms with Gasteiger partial charge in [0.15, 0.2) is 4.77 Å². The van der Waals surface area contributed by atoms with Crippen LogP contribution in [0.1, 0.15) is 36.5 Å². The Morgan fingerprint density at radius 2 is 2.29 bits per heavy atom. The summed E-state index contributed by atoms with van der Waals surface area (Å²) in [6.45, 7) is 2.34. The van der Waals surface area contributed by atoms with Gasteiger partial charge in [0, 0.05) is 13.0 Å². The zero-order valence-corrected chi connectivity index (χ0v) is 14.2. The molecule has 1 fully saturated rings. The van der Waals surface area contributed by atoms with Gasteiger partial charge < -0.3 is 9.72 Å². The number of H-pyrrole nitrogens is 1. The lowest BCUT2D eigenvalue weighted by Gasteiger charge is -2.15. The second-order valence-electron chi connectivity index (χ2n) is 5.93. The Morgan fingerprint density at radius 3 is 2.92 bits per heavy atom. The van der Waals surface area contributed by atoms with E-state index >= 15 is 0 Å². The van der Waals surface area contributed by atoms with Crippen LogP contribution in [-0.2, 0) is 11.3 Å². The van der Waals surface area contributed by atoms with Crippen molar-refractivity contribution < 1.29 is 9.53 Å². The maximum Gasteiger partial charge on any atom is 0.338 e. The summed E-state index contributed by atoms with van der Waals surface area (Å²) < 4.78 is 7.37. The van der Waals surface area contributed by atoms with Gasteiger partial charge in [0.05, 0.1) is 16.5 Å². The zero-order valence-electron chi connectivity index (χ0n) is 13.4. The van der Waals surface area contributed by atoms with Crippen molar-refractivity contribution in [2.24, 2.45) is 5.92 Å². The maximum atomic E-state index is 12.4. The molecule has 3 rings (SSSR count). The minimum Gasteiger partial charge on any atom is -0.457 e. The van der Waals surface area contributed by atoms with Crippen molar-refractivity contribution in [1.29, 1.82) is 0 Å². The molecule has 24 heavy (non-hydrogen) atoms. The van der Waals surface area contributed by atoms with Gasteiger partial charge in [0.1, 0.15) is 6.10 Å². The Morgan fingerprint density at radius 1 is 1.54 bits per heavy atom. The van der Waals surface area contributed by atoms with Gasteiger partial charge in [-0.05, 0) is 56.1 Å². The van der Waals surface area contributed by atoms with E-state index in [-0.39, 0.29) is 11.7 Å². The van der Waals surface area contributed by atoms with E-state index in [4.69, 9.17) is 23.4 Å². The lowest BCUT2D eigenvalue weighted by Crippen LogP contribution is -2.22. The van der Waals surface area contributed by atoms with Crippen molar-refractivity contribution in [2.75, 3.05) is 0 Å². The second kappa shape index (κ2) is 6.62. The van der Waals surface area contributed by atoms with Gasteiger partial charge in [-0.2, -0.15) is 0 Å². The second-order valence-corrected chi connectivity index (χ2v) is 6.32. The fourth-order valence-electron chi connectivity index (χ4n) is 2.76. The van der Waals surface area contributed by atoms with Crippen LogP contribution in [0.4, 0.5) is 0 Å². The fraction of sp³-hybridized carbons (Fsp3) is 0.389. The molecule has 0 spiro atoms. The Hall–Kier alpha value is -2.39. The molecule has 1 aromatic heterocycles. The molecule has 0 amide bonds. The molecule has 6 heteroatoms. The number of nitrogens with zero attached hydrogens (tertiary/aromatic N) is 1. The van der Waals surface area contributed by atoms with Gasteiger partial charge in [-0.15, -0.1) is 12.3 Å². The molecule has 0 unspecified atom stereocenters. The number of hydrogen-bond acceptors (Lipinski definition) is 4. The molecule has 2 aromatic rings. The zero-order chi connectivity index (χ0) is 17.3. The van der Waals surface area contributed by atoms with E-state index in [9.17, 15) is 9.59 Å². The van der Waals surface area contributed by atoms with E-state index in [0.717, 1.165) is 12.8 Å². The van der Waals surface area contributed by atoms with Crippen molar-refractivity contribution in [3.63, 3.8) is 0 Å². The Kier molecular flexibility index (Phi) is 4.54. The number of hydrogen-bond donors (Lipinski definition) is 1. The first-order valence-electron chi connectivity index (χ1n) is 7.96. The predicted octanol–water partition coefficient (Wildman–Crippen LogP) is 3.04. The van der Waals surface area contributed by atoms with Gasteiger partial charge in [0.2, 0.25) is 0 Å². The first-order valence-corrected chi connectivity index (χ1v) is 8.37. The summed E-state index contributed by atoms with van der Waals surface area (Å²) in [6, 6.07) is 4.83. The lowest BCUT2D eigenvalue weighted by atomic mass is 10.1. The SMILES string of the molecule is C#CC[C@H](OC(=O)c1ccc2c(=O)n(CC)c(=S)[nH]c2c1)C1CC1. The van der Waals surface area contributed by atoms with E-state index in [1.807, 2.05) is 6.92 Å². The Labute approximate surface area is 144 Å². The highest BCUT2D eigenvalue weighted by Crippen LogP contribution is 2.36. The molecule has 1 N–H and O–H groups in total. The molecule has 1 aliphatic rings. The van der Waals surface area contributed by atoms with Crippen LogP contribution in [0.5, 0.6) is 0 Å². The molecule has 1 aromatic carbocycles. The normalized spacial score (nSPS) is 15.0. The van der Waals surface area contributed by atoms with E-state index in [2.05, 4.69) is 10.9 Å². The van der Waals surface area contributed by atoms with Crippen molar-refractivity contribution >= 4 is 29.1 Å². The largest absolute Gasteiger partial charge is 0.457 e. The number of fused-ring (bicyclic) bond motifs is 1. The smallest absolute Gasteiger partial charge is 0.338 e. The number of carbonyl (C=O) groups is 1. The van der Waals surface area contributed by atoms with Crippen LogP contribution < -0.4 is 5.56 Å². The van der Waals surface area contributed by atoms with Gasteiger partial charge in [0.25, 0.3) is 5.56 Å². The van der Waals surface area contributed by atoms with Crippen LogP contribution in [0.3, 0.4) is 0 Å². The monoisotopic (exact) mass is 342 g/mol. The van der Waals surface area contributed by atoms with Gasteiger partial charge in [-0.1, -0.05) is 0 Å². The summed E-state index contributed by atoms with van der Waals surface area (Å²) in [5.41, 5.74) is 0.743. The molecule has 0 saturated heterocycles. The van der Waals surface area contributed by atoms with Crippen molar-refractivity contribution in [3.8, 4) is 12.3 Å². The number of nitrogens with one attached hydrogen (secondary N) is 1. The number of aromatic amines is 1.